The summed E-state index contributed by atoms with van der Waals surface area (Å²) in [7, 11) is 0. The van der Waals surface area contributed by atoms with Gasteiger partial charge in [0.15, 0.2) is 0 Å². The van der Waals surface area contributed by atoms with Crippen LogP contribution in [0.5, 0.6) is 0 Å². The summed E-state index contributed by atoms with van der Waals surface area (Å²) in [5.74, 6) is 0.695. The van der Waals surface area contributed by atoms with Crippen molar-refractivity contribution in [2.45, 2.75) is 45.1 Å². The molecule has 0 spiro atoms. The van der Waals surface area contributed by atoms with Crippen LogP contribution in [0.15, 0.2) is 18.2 Å². The Morgan fingerprint density at radius 1 is 1.22 bits per heavy atom. The van der Waals surface area contributed by atoms with E-state index in [4.69, 9.17) is 11.6 Å². The largest absolute Gasteiger partial charge is 0.313 e. The maximum absolute atomic E-state index is 13.1. The highest BCUT2D eigenvalue weighted by molar-refractivity contribution is 6.30. The van der Waals surface area contributed by atoms with E-state index in [1.807, 2.05) is 6.07 Å². The molecule has 0 amide bonds. The molecular weight excluding hydrogens is 249 g/mol. The van der Waals surface area contributed by atoms with Crippen molar-refractivity contribution in [3.8, 4) is 0 Å². The average molecular weight is 270 g/mol. The molecular formula is C15H21ClFN. The molecule has 1 aliphatic rings. The highest BCUT2D eigenvalue weighted by Crippen LogP contribution is 2.28. The molecule has 0 saturated heterocycles. The van der Waals surface area contributed by atoms with Crippen LogP contribution in [-0.4, -0.2) is 6.54 Å². The second-order valence-corrected chi connectivity index (χ2v) is 5.68. The van der Waals surface area contributed by atoms with Gasteiger partial charge in [-0.1, -0.05) is 37.3 Å². The highest BCUT2D eigenvalue weighted by Gasteiger charge is 2.13. The predicted octanol–water partition coefficient (Wildman–Crippen LogP) is 4.54. The van der Waals surface area contributed by atoms with Gasteiger partial charge in [-0.3, -0.25) is 0 Å². The molecule has 1 saturated carbocycles. The summed E-state index contributed by atoms with van der Waals surface area (Å²) in [6.07, 6.45) is 8.21. The van der Waals surface area contributed by atoms with Crippen molar-refractivity contribution in [2.75, 3.05) is 6.54 Å². The first-order valence-electron chi connectivity index (χ1n) is 6.90. The van der Waals surface area contributed by atoms with Crippen LogP contribution in [0.3, 0.4) is 0 Å². The Kier molecular flexibility index (Phi) is 5.45. The molecule has 1 aromatic carbocycles. The van der Waals surface area contributed by atoms with Crippen LogP contribution in [0.4, 0.5) is 4.39 Å². The van der Waals surface area contributed by atoms with E-state index in [9.17, 15) is 4.39 Å². The third kappa shape index (κ3) is 4.58. The molecule has 0 aliphatic heterocycles. The summed E-state index contributed by atoms with van der Waals surface area (Å²) in [6, 6.07) is 4.69. The summed E-state index contributed by atoms with van der Waals surface area (Å²) >= 11 is 5.81. The molecule has 0 bridgehead atoms. The highest BCUT2D eigenvalue weighted by atomic mass is 35.5. The van der Waals surface area contributed by atoms with Gasteiger partial charge < -0.3 is 5.32 Å². The smallest absolute Gasteiger partial charge is 0.125 e. The van der Waals surface area contributed by atoms with E-state index in [-0.39, 0.29) is 5.82 Å². The van der Waals surface area contributed by atoms with Gasteiger partial charge in [0.05, 0.1) is 0 Å². The Bertz CT molecular complexity index is 355. The van der Waals surface area contributed by atoms with E-state index in [0.29, 0.717) is 11.6 Å². The summed E-state index contributed by atoms with van der Waals surface area (Å²) in [4.78, 5) is 0. The molecule has 0 heterocycles. The van der Waals surface area contributed by atoms with Gasteiger partial charge in [0, 0.05) is 11.6 Å². The Labute approximate surface area is 114 Å². The second kappa shape index (κ2) is 7.10. The molecule has 1 aromatic rings. The first-order chi connectivity index (χ1) is 8.74. The maximum Gasteiger partial charge on any atom is 0.125 e. The van der Waals surface area contributed by atoms with Crippen molar-refractivity contribution < 1.29 is 4.39 Å². The van der Waals surface area contributed by atoms with Crippen LogP contribution >= 0.6 is 11.6 Å². The number of halogens is 2. The second-order valence-electron chi connectivity index (χ2n) is 5.25. The van der Waals surface area contributed by atoms with E-state index in [0.717, 1.165) is 18.0 Å². The van der Waals surface area contributed by atoms with Crippen molar-refractivity contribution in [3.05, 3.63) is 34.6 Å². The molecule has 0 radical (unpaired) electrons. The van der Waals surface area contributed by atoms with Crippen molar-refractivity contribution in [2.24, 2.45) is 5.92 Å². The topological polar surface area (TPSA) is 12.0 Å². The zero-order valence-corrected chi connectivity index (χ0v) is 11.5. The van der Waals surface area contributed by atoms with Crippen molar-refractivity contribution >= 4 is 11.6 Å². The number of hydrogen-bond acceptors (Lipinski definition) is 1. The molecule has 2 rings (SSSR count). The predicted molar refractivity (Wildman–Crippen MR) is 74.3 cm³/mol. The summed E-state index contributed by atoms with van der Waals surface area (Å²) in [6.45, 7) is 1.70. The zero-order valence-electron chi connectivity index (χ0n) is 10.7. The van der Waals surface area contributed by atoms with Gasteiger partial charge in [-0.15, -0.1) is 0 Å². The molecule has 0 aromatic heterocycles. The maximum atomic E-state index is 13.1. The van der Waals surface area contributed by atoms with Gasteiger partial charge in [0.2, 0.25) is 0 Å². The number of nitrogens with one attached hydrogen (secondary N) is 1. The molecule has 3 heteroatoms. The van der Waals surface area contributed by atoms with Crippen LogP contribution in [-0.2, 0) is 6.54 Å². The summed E-state index contributed by atoms with van der Waals surface area (Å²) in [5.41, 5.74) is 0.917. The number of benzene rings is 1. The standard InChI is InChI=1S/C15H21ClFN/c16-14-8-13(9-15(17)10-14)11-18-7-3-6-12-4-1-2-5-12/h8-10,12,18H,1-7,11H2. The SMILES string of the molecule is Fc1cc(Cl)cc(CNCCCC2CCCC2)c1. The fourth-order valence-electron chi connectivity index (χ4n) is 2.76. The normalized spacial score (nSPS) is 16.3. The van der Waals surface area contributed by atoms with Gasteiger partial charge in [-0.05, 0) is 49.1 Å². The van der Waals surface area contributed by atoms with Crippen LogP contribution in [0.1, 0.15) is 44.1 Å². The number of rotatable bonds is 6. The van der Waals surface area contributed by atoms with Crippen LogP contribution in [0.25, 0.3) is 0 Å². The first kappa shape index (κ1) is 13.8. The minimum absolute atomic E-state index is 0.259. The lowest BCUT2D eigenvalue weighted by Crippen LogP contribution is -2.15. The quantitative estimate of drug-likeness (QED) is 0.748. The molecule has 100 valence electrons. The van der Waals surface area contributed by atoms with E-state index in [1.54, 1.807) is 0 Å². The fraction of sp³-hybridized carbons (Fsp3) is 0.600. The lowest BCUT2D eigenvalue weighted by atomic mass is 10.0. The Morgan fingerprint density at radius 2 is 2.00 bits per heavy atom. The third-order valence-electron chi connectivity index (χ3n) is 3.69. The van der Waals surface area contributed by atoms with Crippen LogP contribution in [0.2, 0.25) is 5.02 Å². The van der Waals surface area contributed by atoms with E-state index in [1.165, 1.54) is 50.7 Å². The molecule has 0 unspecified atom stereocenters. The van der Waals surface area contributed by atoms with E-state index in [2.05, 4.69) is 5.32 Å². The lowest BCUT2D eigenvalue weighted by molar-refractivity contribution is 0.470. The van der Waals surface area contributed by atoms with Gasteiger partial charge >= 0.3 is 0 Å². The zero-order chi connectivity index (χ0) is 12.8. The summed E-state index contributed by atoms with van der Waals surface area (Å²) < 4.78 is 13.1. The average Bonchev–Trinajstić information content (AvgIpc) is 2.80. The Morgan fingerprint density at radius 3 is 2.72 bits per heavy atom. The molecule has 1 fully saturated rings. The van der Waals surface area contributed by atoms with Gasteiger partial charge in [0.25, 0.3) is 0 Å². The minimum atomic E-state index is -0.259. The minimum Gasteiger partial charge on any atom is -0.313 e. The Balaban J connectivity index is 1.62. The third-order valence-corrected chi connectivity index (χ3v) is 3.91. The molecule has 1 nitrogen and oxygen atoms in total. The molecule has 1 N–H and O–H groups in total. The Hall–Kier alpha value is -0.600. The van der Waals surface area contributed by atoms with Crippen molar-refractivity contribution in [1.29, 1.82) is 0 Å². The number of hydrogen-bond donors (Lipinski definition) is 1. The van der Waals surface area contributed by atoms with Gasteiger partial charge in [0.1, 0.15) is 5.82 Å². The lowest BCUT2D eigenvalue weighted by Gasteiger charge is -2.09. The fourth-order valence-corrected chi connectivity index (χ4v) is 3.00. The van der Waals surface area contributed by atoms with Gasteiger partial charge in [-0.25, -0.2) is 4.39 Å². The van der Waals surface area contributed by atoms with Crippen molar-refractivity contribution in [1.82, 2.24) is 5.32 Å². The monoisotopic (exact) mass is 269 g/mol. The van der Waals surface area contributed by atoms with Crippen molar-refractivity contribution in [3.63, 3.8) is 0 Å². The molecule has 1 aliphatic carbocycles. The van der Waals surface area contributed by atoms with Gasteiger partial charge in [-0.2, -0.15) is 0 Å². The van der Waals surface area contributed by atoms with E-state index >= 15 is 0 Å². The molecule has 0 atom stereocenters. The van der Waals surface area contributed by atoms with Crippen LogP contribution in [0, 0.1) is 11.7 Å². The summed E-state index contributed by atoms with van der Waals surface area (Å²) in [5, 5.41) is 3.82. The van der Waals surface area contributed by atoms with Crippen LogP contribution < -0.4 is 5.32 Å². The van der Waals surface area contributed by atoms with E-state index < -0.39 is 0 Å². The first-order valence-corrected chi connectivity index (χ1v) is 7.27. The molecule has 18 heavy (non-hydrogen) atoms.